The van der Waals surface area contributed by atoms with E-state index in [4.69, 9.17) is 0 Å². The van der Waals surface area contributed by atoms with E-state index in [1.165, 1.54) is 11.1 Å². The van der Waals surface area contributed by atoms with Crippen molar-refractivity contribution in [2.24, 2.45) is 21.8 Å². The lowest BCUT2D eigenvalue weighted by Crippen LogP contribution is -2.01. The van der Waals surface area contributed by atoms with Gasteiger partial charge in [0.1, 0.15) is 18.2 Å². The SMILES string of the molecule is CC(C)Cc1cc(C=NCN=Cc2cc(CC(C)C)cc(C(C)C)c2O)c(O)c(C(C)C)c1. The summed E-state index contributed by atoms with van der Waals surface area (Å²) in [4.78, 5) is 8.86. The van der Waals surface area contributed by atoms with Gasteiger partial charge in [-0.3, -0.25) is 9.98 Å². The van der Waals surface area contributed by atoms with Crippen LogP contribution >= 0.6 is 0 Å². The molecular formula is C29H42N2O2. The first-order valence-electron chi connectivity index (χ1n) is 12.2. The second-order valence-electron chi connectivity index (χ2n) is 10.5. The predicted molar refractivity (Wildman–Crippen MR) is 142 cm³/mol. The van der Waals surface area contributed by atoms with Gasteiger partial charge >= 0.3 is 0 Å². The molecule has 0 saturated carbocycles. The number of aliphatic imine (C=N–C) groups is 2. The molecule has 0 amide bonds. The molecule has 180 valence electrons. The first-order chi connectivity index (χ1) is 15.5. The third-order valence-electron chi connectivity index (χ3n) is 5.61. The molecule has 2 N–H and O–H groups in total. The van der Waals surface area contributed by atoms with Crippen LogP contribution in [0.15, 0.2) is 34.3 Å². The highest BCUT2D eigenvalue weighted by molar-refractivity contribution is 5.86. The summed E-state index contributed by atoms with van der Waals surface area (Å²) in [5.74, 6) is 2.14. The minimum Gasteiger partial charge on any atom is -0.507 e. The molecule has 0 heterocycles. The third kappa shape index (κ3) is 7.73. The zero-order valence-electron chi connectivity index (χ0n) is 21.7. The Labute approximate surface area is 200 Å². The molecule has 2 aromatic carbocycles. The molecular weight excluding hydrogens is 408 g/mol. The molecule has 2 rings (SSSR count). The van der Waals surface area contributed by atoms with Gasteiger partial charge in [0, 0.05) is 23.6 Å². The number of phenols is 2. The molecule has 0 spiro atoms. The van der Waals surface area contributed by atoms with Crippen LogP contribution in [-0.2, 0) is 12.8 Å². The van der Waals surface area contributed by atoms with Crippen LogP contribution in [0.1, 0.15) is 101 Å². The molecule has 4 heteroatoms. The molecule has 0 aliphatic rings. The van der Waals surface area contributed by atoms with E-state index in [0.29, 0.717) is 23.3 Å². The van der Waals surface area contributed by atoms with Crippen molar-refractivity contribution < 1.29 is 10.2 Å². The summed E-state index contributed by atoms with van der Waals surface area (Å²) in [5, 5.41) is 21.4. The van der Waals surface area contributed by atoms with E-state index in [1.807, 2.05) is 12.1 Å². The maximum atomic E-state index is 10.7. The monoisotopic (exact) mass is 450 g/mol. The molecule has 33 heavy (non-hydrogen) atoms. The second kappa shape index (κ2) is 12.0. The van der Waals surface area contributed by atoms with Crippen molar-refractivity contribution in [1.82, 2.24) is 0 Å². The summed E-state index contributed by atoms with van der Waals surface area (Å²) in [5.41, 5.74) is 5.79. The summed E-state index contributed by atoms with van der Waals surface area (Å²) >= 11 is 0. The highest BCUT2D eigenvalue weighted by Gasteiger charge is 2.14. The Morgan fingerprint density at radius 2 is 1.00 bits per heavy atom. The van der Waals surface area contributed by atoms with Crippen molar-refractivity contribution in [1.29, 1.82) is 0 Å². The van der Waals surface area contributed by atoms with Crippen LogP contribution in [0.2, 0.25) is 0 Å². The van der Waals surface area contributed by atoms with E-state index in [1.54, 1.807) is 12.4 Å². The van der Waals surface area contributed by atoms with Gasteiger partial charge in [0.15, 0.2) is 0 Å². The molecule has 0 fully saturated rings. The van der Waals surface area contributed by atoms with E-state index in [-0.39, 0.29) is 18.5 Å². The number of nitrogens with zero attached hydrogens (tertiary/aromatic N) is 2. The van der Waals surface area contributed by atoms with E-state index in [2.05, 4.69) is 77.5 Å². The van der Waals surface area contributed by atoms with Crippen LogP contribution in [0.5, 0.6) is 11.5 Å². The van der Waals surface area contributed by atoms with Crippen LogP contribution in [0.3, 0.4) is 0 Å². The van der Waals surface area contributed by atoms with E-state index < -0.39 is 0 Å². The average Bonchev–Trinajstić information content (AvgIpc) is 2.70. The molecule has 0 atom stereocenters. The Bertz CT molecular complexity index is 906. The maximum absolute atomic E-state index is 10.7. The number of aromatic hydroxyl groups is 2. The summed E-state index contributed by atoms with van der Waals surface area (Å²) in [7, 11) is 0. The van der Waals surface area contributed by atoms with Crippen molar-refractivity contribution in [3.63, 3.8) is 0 Å². The van der Waals surface area contributed by atoms with Gasteiger partial charge in [-0.05, 0) is 70.9 Å². The standard InChI is InChI=1S/C29H42N2O2/c1-18(2)9-22-11-24(28(32)26(13-22)20(5)6)15-30-17-31-16-25-12-23(10-19(3)4)14-27(21(7)8)29(25)33/h11-16,18-21,32-33H,9-10,17H2,1-8H3. The second-order valence-corrected chi connectivity index (χ2v) is 10.5. The topological polar surface area (TPSA) is 65.2 Å². The first-order valence-corrected chi connectivity index (χ1v) is 12.2. The van der Waals surface area contributed by atoms with Crippen molar-refractivity contribution >= 4 is 12.4 Å². The predicted octanol–water partition coefficient (Wildman–Crippen LogP) is 7.24. The van der Waals surface area contributed by atoms with E-state index in [0.717, 1.165) is 35.1 Å². The van der Waals surface area contributed by atoms with Gasteiger partial charge in [-0.2, -0.15) is 0 Å². The number of benzene rings is 2. The zero-order valence-corrected chi connectivity index (χ0v) is 21.7. The van der Waals surface area contributed by atoms with E-state index in [9.17, 15) is 10.2 Å². The quantitative estimate of drug-likeness (QED) is 0.375. The Hall–Kier alpha value is -2.62. The third-order valence-corrected chi connectivity index (χ3v) is 5.61. The van der Waals surface area contributed by atoms with Gasteiger partial charge in [-0.25, -0.2) is 0 Å². The summed E-state index contributed by atoms with van der Waals surface area (Å²) < 4.78 is 0. The average molecular weight is 451 g/mol. The van der Waals surface area contributed by atoms with Crippen LogP contribution in [0, 0.1) is 11.8 Å². The summed E-state index contributed by atoms with van der Waals surface area (Å²) in [6.45, 7) is 17.4. The fourth-order valence-electron chi connectivity index (χ4n) is 4.07. The highest BCUT2D eigenvalue weighted by atomic mass is 16.3. The number of hydrogen-bond donors (Lipinski definition) is 2. The smallest absolute Gasteiger partial charge is 0.129 e. The van der Waals surface area contributed by atoms with E-state index >= 15 is 0 Å². The van der Waals surface area contributed by atoms with Gasteiger partial charge in [-0.15, -0.1) is 0 Å². The number of phenolic OH excluding ortho intramolecular Hbond substituents is 2. The van der Waals surface area contributed by atoms with Gasteiger partial charge < -0.3 is 10.2 Å². The van der Waals surface area contributed by atoms with Crippen molar-refractivity contribution in [2.45, 2.75) is 80.1 Å². The van der Waals surface area contributed by atoms with Gasteiger partial charge in [0.2, 0.25) is 0 Å². The summed E-state index contributed by atoms with van der Waals surface area (Å²) in [6.07, 6.45) is 5.33. The lowest BCUT2D eigenvalue weighted by atomic mass is 9.93. The molecule has 0 aliphatic heterocycles. The van der Waals surface area contributed by atoms with Gasteiger partial charge in [-0.1, -0.05) is 67.5 Å². The van der Waals surface area contributed by atoms with Crippen molar-refractivity contribution in [2.75, 3.05) is 6.67 Å². The largest absolute Gasteiger partial charge is 0.507 e. The number of hydrogen-bond acceptors (Lipinski definition) is 4. The first kappa shape index (κ1) is 26.6. The van der Waals surface area contributed by atoms with Crippen molar-refractivity contribution in [3.8, 4) is 11.5 Å². The van der Waals surface area contributed by atoms with Crippen LogP contribution in [0.4, 0.5) is 0 Å². The maximum Gasteiger partial charge on any atom is 0.129 e. The molecule has 0 radical (unpaired) electrons. The van der Waals surface area contributed by atoms with Gasteiger partial charge in [0.25, 0.3) is 0 Å². The Kier molecular flexibility index (Phi) is 9.70. The minimum atomic E-state index is 0.232. The minimum absolute atomic E-state index is 0.232. The molecule has 2 aromatic rings. The van der Waals surface area contributed by atoms with Crippen molar-refractivity contribution in [3.05, 3.63) is 57.6 Å². The van der Waals surface area contributed by atoms with Crippen LogP contribution < -0.4 is 0 Å². The Morgan fingerprint density at radius 3 is 1.30 bits per heavy atom. The van der Waals surface area contributed by atoms with Crippen LogP contribution in [0.25, 0.3) is 0 Å². The Morgan fingerprint density at radius 1 is 0.636 bits per heavy atom. The van der Waals surface area contributed by atoms with Gasteiger partial charge in [0.05, 0.1) is 0 Å². The lowest BCUT2D eigenvalue weighted by molar-refractivity contribution is 0.463. The molecule has 4 nitrogen and oxygen atoms in total. The molecule has 0 aliphatic carbocycles. The van der Waals surface area contributed by atoms with Crippen LogP contribution in [-0.4, -0.2) is 29.3 Å². The molecule has 0 saturated heterocycles. The molecule has 0 unspecified atom stereocenters. The zero-order chi connectivity index (χ0) is 24.7. The fraction of sp³-hybridized carbons (Fsp3) is 0.517. The molecule has 0 bridgehead atoms. The number of rotatable bonds is 10. The lowest BCUT2D eigenvalue weighted by Gasteiger charge is -2.15. The highest BCUT2D eigenvalue weighted by Crippen LogP contribution is 2.32. The fourth-order valence-corrected chi connectivity index (χ4v) is 4.07. The summed E-state index contributed by atoms with van der Waals surface area (Å²) in [6, 6.07) is 8.25. The Balaban J connectivity index is 2.24. The molecule has 0 aromatic heterocycles. The normalized spacial score (nSPS) is 12.5.